The second-order valence-electron chi connectivity index (χ2n) is 4.22. The van der Waals surface area contributed by atoms with E-state index in [0.29, 0.717) is 6.54 Å². The molecule has 0 bridgehead atoms. The van der Waals surface area contributed by atoms with Crippen molar-refractivity contribution in [1.82, 2.24) is 10.3 Å². The first kappa shape index (κ1) is 13.9. The van der Waals surface area contributed by atoms with Gasteiger partial charge in [0.2, 0.25) is 0 Å². The molecule has 0 fully saturated rings. The fraction of sp³-hybridized carbons (Fsp3) is 0.200. The number of urea groups is 1. The molecule has 0 aliphatic carbocycles. The van der Waals surface area contributed by atoms with Gasteiger partial charge in [0.25, 0.3) is 0 Å². The number of nitrogens with one attached hydrogen (secondary N) is 2. The molecule has 0 saturated carbocycles. The minimum atomic E-state index is -0.223. The zero-order chi connectivity index (χ0) is 14.2. The number of ether oxygens (including phenoxy) is 1. The number of nitrogens with zero attached hydrogens (tertiary/aromatic N) is 1. The molecule has 1 heterocycles. The van der Waals surface area contributed by atoms with Crippen molar-refractivity contribution in [2.75, 3.05) is 19.0 Å². The van der Waals surface area contributed by atoms with Crippen LogP contribution >= 0.6 is 0 Å². The molecule has 2 rings (SSSR count). The van der Waals surface area contributed by atoms with Crippen LogP contribution in [0.5, 0.6) is 5.75 Å². The summed E-state index contributed by atoms with van der Waals surface area (Å²) in [6.45, 7) is 0.560. The molecule has 1 aromatic carbocycles. The molecule has 0 radical (unpaired) electrons. The third kappa shape index (κ3) is 4.28. The van der Waals surface area contributed by atoms with E-state index < -0.39 is 0 Å². The number of pyridine rings is 1. The van der Waals surface area contributed by atoms with Gasteiger partial charge in [-0.2, -0.15) is 0 Å². The Bertz CT molecular complexity index is 558. The molecule has 5 heteroatoms. The molecule has 0 aliphatic rings. The lowest BCUT2D eigenvalue weighted by Gasteiger charge is -2.08. The van der Waals surface area contributed by atoms with Gasteiger partial charge in [0.1, 0.15) is 5.75 Å². The van der Waals surface area contributed by atoms with Crippen LogP contribution in [0.15, 0.2) is 48.8 Å². The van der Waals surface area contributed by atoms with Crippen LogP contribution in [0.2, 0.25) is 0 Å². The Morgan fingerprint density at radius 2 is 2.05 bits per heavy atom. The van der Waals surface area contributed by atoms with E-state index in [2.05, 4.69) is 15.6 Å². The summed E-state index contributed by atoms with van der Waals surface area (Å²) in [6.07, 6.45) is 4.01. The Labute approximate surface area is 118 Å². The number of hydrogen-bond acceptors (Lipinski definition) is 3. The first-order valence-corrected chi connectivity index (χ1v) is 6.36. The molecular weight excluding hydrogens is 254 g/mol. The van der Waals surface area contributed by atoms with Crippen LogP contribution in [-0.2, 0) is 6.42 Å². The van der Waals surface area contributed by atoms with Crippen molar-refractivity contribution in [3.63, 3.8) is 0 Å². The van der Waals surface area contributed by atoms with Crippen LogP contribution in [0.25, 0.3) is 0 Å². The molecule has 0 saturated heterocycles. The number of carbonyl (C=O) groups excluding carboxylic acids is 1. The first-order valence-electron chi connectivity index (χ1n) is 6.36. The Hall–Kier alpha value is -2.56. The summed E-state index contributed by atoms with van der Waals surface area (Å²) < 4.78 is 5.16. The van der Waals surface area contributed by atoms with Crippen LogP contribution in [0.1, 0.15) is 5.56 Å². The number of aromatic nitrogens is 1. The van der Waals surface area contributed by atoms with Gasteiger partial charge in [-0.1, -0.05) is 12.1 Å². The molecular formula is C15H17N3O2. The monoisotopic (exact) mass is 271 g/mol. The third-order valence-electron chi connectivity index (χ3n) is 2.77. The SMILES string of the molecule is COc1cccc(CCNC(=O)Nc2ccncc2)c1. The molecule has 20 heavy (non-hydrogen) atoms. The smallest absolute Gasteiger partial charge is 0.319 e. The number of anilines is 1. The largest absolute Gasteiger partial charge is 0.497 e. The number of benzene rings is 1. The van der Waals surface area contributed by atoms with Gasteiger partial charge >= 0.3 is 6.03 Å². The maximum absolute atomic E-state index is 11.7. The maximum Gasteiger partial charge on any atom is 0.319 e. The lowest BCUT2D eigenvalue weighted by atomic mass is 10.1. The van der Waals surface area contributed by atoms with Gasteiger partial charge in [-0.05, 0) is 36.2 Å². The molecule has 2 aromatic rings. The topological polar surface area (TPSA) is 63.2 Å². The third-order valence-corrected chi connectivity index (χ3v) is 2.77. The first-order chi connectivity index (χ1) is 9.78. The quantitative estimate of drug-likeness (QED) is 0.878. The van der Waals surface area contributed by atoms with Crippen LogP contribution in [-0.4, -0.2) is 24.7 Å². The van der Waals surface area contributed by atoms with Crippen molar-refractivity contribution >= 4 is 11.7 Å². The van der Waals surface area contributed by atoms with Crippen LogP contribution in [0.3, 0.4) is 0 Å². The molecule has 104 valence electrons. The summed E-state index contributed by atoms with van der Waals surface area (Å²) in [5, 5.41) is 5.54. The molecule has 0 unspecified atom stereocenters. The standard InChI is InChI=1S/C15H17N3O2/c1-20-14-4-2-3-12(11-14)5-10-17-15(19)18-13-6-8-16-9-7-13/h2-4,6-9,11H,5,10H2,1H3,(H2,16,17,18,19). The van der Waals surface area contributed by atoms with Gasteiger partial charge in [-0.25, -0.2) is 4.79 Å². The Kier molecular flexibility index (Phi) is 4.94. The van der Waals surface area contributed by atoms with Crippen LogP contribution in [0, 0.1) is 0 Å². The predicted molar refractivity (Wildman–Crippen MR) is 78.0 cm³/mol. The number of amides is 2. The van der Waals surface area contributed by atoms with Gasteiger partial charge in [0, 0.05) is 24.6 Å². The molecule has 0 atom stereocenters. The summed E-state index contributed by atoms with van der Waals surface area (Å²) in [5.74, 6) is 0.823. The highest BCUT2D eigenvalue weighted by molar-refractivity contribution is 5.89. The lowest BCUT2D eigenvalue weighted by molar-refractivity contribution is 0.252. The minimum absolute atomic E-state index is 0.223. The van der Waals surface area contributed by atoms with Gasteiger partial charge in [-0.15, -0.1) is 0 Å². The predicted octanol–water partition coefficient (Wildman–Crippen LogP) is 2.45. The second-order valence-corrected chi connectivity index (χ2v) is 4.22. The molecule has 1 aromatic heterocycles. The summed E-state index contributed by atoms with van der Waals surface area (Å²) in [5.41, 5.74) is 1.84. The minimum Gasteiger partial charge on any atom is -0.497 e. The fourth-order valence-electron chi connectivity index (χ4n) is 1.76. The van der Waals surface area contributed by atoms with Gasteiger partial charge in [0.15, 0.2) is 0 Å². The summed E-state index contributed by atoms with van der Waals surface area (Å²) in [4.78, 5) is 15.5. The molecule has 2 N–H and O–H groups in total. The highest BCUT2D eigenvalue weighted by Gasteiger charge is 2.01. The zero-order valence-electron chi connectivity index (χ0n) is 11.3. The Balaban J connectivity index is 1.76. The number of rotatable bonds is 5. The highest BCUT2D eigenvalue weighted by atomic mass is 16.5. The van der Waals surface area contributed by atoms with E-state index in [1.165, 1.54) is 0 Å². The van der Waals surface area contributed by atoms with Crippen molar-refractivity contribution in [1.29, 1.82) is 0 Å². The van der Waals surface area contributed by atoms with Crippen LogP contribution in [0.4, 0.5) is 10.5 Å². The van der Waals surface area contributed by atoms with Gasteiger partial charge in [0.05, 0.1) is 7.11 Å². The highest BCUT2D eigenvalue weighted by Crippen LogP contribution is 2.12. The van der Waals surface area contributed by atoms with E-state index in [0.717, 1.165) is 23.4 Å². The van der Waals surface area contributed by atoms with Gasteiger partial charge < -0.3 is 15.4 Å². The van der Waals surface area contributed by atoms with Crippen molar-refractivity contribution in [3.05, 3.63) is 54.4 Å². The van der Waals surface area contributed by atoms with E-state index in [9.17, 15) is 4.79 Å². The Morgan fingerprint density at radius 3 is 2.80 bits per heavy atom. The molecule has 0 aliphatic heterocycles. The van der Waals surface area contributed by atoms with E-state index in [4.69, 9.17) is 4.74 Å². The average Bonchev–Trinajstić information content (AvgIpc) is 2.48. The molecule has 5 nitrogen and oxygen atoms in total. The van der Waals surface area contributed by atoms with Crippen molar-refractivity contribution in [2.45, 2.75) is 6.42 Å². The van der Waals surface area contributed by atoms with Crippen LogP contribution < -0.4 is 15.4 Å². The zero-order valence-corrected chi connectivity index (χ0v) is 11.3. The van der Waals surface area contributed by atoms with Crippen molar-refractivity contribution < 1.29 is 9.53 Å². The summed E-state index contributed by atoms with van der Waals surface area (Å²) >= 11 is 0. The maximum atomic E-state index is 11.7. The molecule has 2 amide bonds. The van der Waals surface area contributed by atoms with Crippen molar-refractivity contribution in [2.24, 2.45) is 0 Å². The molecule has 0 spiro atoms. The van der Waals surface area contributed by atoms with E-state index in [1.54, 1.807) is 31.6 Å². The summed E-state index contributed by atoms with van der Waals surface area (Å²) in [7, 11) is 1.64. The second kappa shape index (κ2) is 7.13. The normalized spacial score (nSPS) is 9.85. The fourth-order valence-corrected chi connectivity index (χ4v) is 1.76. The Morgan fingerprint density at radius 1 is 1.25 bits per heavy atom. The van der Waals surface area contributed by atoms with E-state index >= 15 is 0 Å². The number of carbonyl (C=O) groups is 1. The van der Waals surface area contributed by atoms with E-state index in [1.807, 2.05) is 24.3 Å². The lowest BCUT2D eigenvalue weighted by Crippen LogP contribution is -2.30. The van der Waals surface area contributed by atoms with E-state index in [-0.39, 0.29) is 6.03 Å². The average molecular weight is 271 g/mol. The number of methoxy groups -OCH3 is 1. The summed E-state index contributed by atoms with van der Waals surface area (Å²) in [6, 6.07) is 11.0. The number of hydrogen-bond donors (Lipinski definition) is 2. The van der Waals surface area contributed by atoms with Gasteiger partial charge in [-0.3, -0.25) is 4.98 Å². The van der Waals surface area contributed by atoms with Crippen molar-refractivity contribution in [3.8, 4) is 5.75 Å².